The Morgan fingerprint density at radius 1 is 1.33 bits per heavy atom. The second kappa shape index (κ2) is 5.75. The summed E-state index contributed by atoms with van der Waals surface area (Å²) in [5, 5.41) is 8.55. The van der Waals surface area contributed by atoms with E-state index in [1.807, 2.05) is 0 Å². The van der Waals surface area contributed by atoms with Gasteiger partial charge in [-0.1, -0.05) is 30.0 Å². The number of aliphatic hydroxyl groups is 1. The Morgan fingerprint density at radius 3 is 2.39 bits per heavy atom. The molecule has 0 amide bonds. The van der Waals surface area contributed by atoms with E-state index in [1.54, 1.807) is 18.2 Å². The first kappa shape index (κ1) is 15.0. The van der Waals surface area contributed by atoms with Gasteiger partial charge in [-0.3, -0.25) is 0 Å². The highest BCUT2D eigenvalue weighted by atomic mass is 35.5. The molecule has 0 heterocycles. The summed E-state index contributed by atoms with van der Waals surface area (Å²) in [6.45, 7) is 3.02. The monoisotopic (exact) mass is 286 g/mol. The topological polar surface area (TPSA) is 54.4 Å². The van der Waals surface area contributed by atoms with Gasteiger partial charge in [-0.05, 0) is 26.0 Å². The summed E-state index contributed by atoms with van der Waals surface area (Å²) in [4.78, 5) is 0.223. The summed E-state index contributed by atoms with van der Waals surface area (Å²) in [5.74, 6) is 4.76. The first-order chi connectivity index (χ1) is 8.21. The molecule has 1 rings (SSSR count). The van der Waals surface area contributed by atoms with Crippen molar-refractivity contribution in [2.75, 3.05) is 5.75 Å². The molecule has 3 nitrogen and oxygen atoms in total. The summed E-state index contributed by atoms with van der Waals surface area (Å²) >= 11 is 5.86. The van der Waals surface area contributed by atoms with Gasteiger partial charge in [0.25, 0.3) is 0 Å². The van der Waals surface area contributed by atoms with E-state index in [-0.39, 0.29) is 10.6 Å². The third-order valence-electron chi connectivity index (χ3n) is 2.00. The molecule has 1 atom stereocenters. The summed E-state index contributed by atoms with van der Waals surface area (Å²) in [5.41, 5.74) is -1.18. The van der Waals surface area contributed by atoms with Crippen LogP contribution >= 0.6 is 11.6 Å². The van der Waals surface area contributed by atoms with Crippen molar-refractivity contribution in [2.45, 2.75) is 29.7 Å². The number of alkyl halides is 1. The molecule has 0 radical (unpaired) electrons. The van der Waals surface area contributed by atoms with Gasteiger partial charge in [0, 0.05) is 0 Å². The first-order valence-corrected chi connectivity index (χ1v) is 7.46. The zero-order valence-electron chi connectivity index (χ0n) is 10.2. The molecule has 1 N–H and O–H groups in total. The summed E-state index contributed by atoms with van der Waals surface area (Å²) in [7, 11) is -3.44. The Hall–Kier alpha value is -1.02. The molecule has 5 heteroatoms. The van der Waals surface area contributed by atoms with Crippen molar-refractivity contribution < 1.29 is 13.5 Å². The Bertz CT molecular complexity index is 547. The van der Waals surface area contributed by atoms with Crippen LogP contribution in [-0.4, -0.2) is 30.3 Å². The van der Waals surface area contributed by atoms with E-state index >= 15 is 0 Å². The molecular weight excluding hydrogens is 272 g/mol. The average Bonchev–Trinajstić information content (AvgIpc) is 2.26. The van der Waals surface area contributed by atoms with Crippen LogP contribution in [0.1, 0.15) is 13.8 Å². The number of hydrogen-bond acceptors (Lipinski definition) is 3. The average molecular weight is 287 g/mol. The lowest BCUT2D eigenvalue weighted by Gasteiger charge is -2.08. The van der Waals surface area contributed by atoms with Crippen LogP contribution in [0.5, 0.6) is 0 Å². The van der Waals surface area contributed by atoms with Crippen molar-refractivity contribution >= 4 is 21.4 Å². The van der Waals surface area contributed by atoms with Gasteiger partial charge >= 0.3 is 0 Å². The fourth-order valence-electron chi connectivity index (χ4n) is 1.21. The van der Waals surface area contributed by atoms with Crippen LogP contribution < -0.4 is 0 Å². The predicted molar refractivity (Wildman–Crippen MR) is 72.2 cm³/mol. The zero-order valence-corrected chi connectivity index (χ0v) is 11.8. The molecule has 18 heavy (non-hydrogen) atoms. The fourth-order valence-corrected chi connectivity index (χ4v) is 3.00. The quantitative estimate of drug-likeness (QED) is 0.681. The highest BCUT2D eigenvalue weighted by molar-refractivity contribution is 7.91. The molecular formula is C13H15ClO3S. The number of benzene rings is 1. The molecule has 0 aliphatic carbocycles. The molecule has 98 valence electrons. The van der Waals surface area contributed by atoms with Crippen LogP contribution in [0.25, 0.3) is 0 Å². The molecule has 1 aromatic carbocycles. The van der Waals surface area contributed by atoms with E-state index in [9.17, 15) is 13.5 Å². The van der Waals surface area contributed by atoms with E-state index in [4.69, 9.17) is 11.6 Å². The Kier molecular flexibility index (Phi) is 4.80. The largest absolute Gasteiger partial charge is 0.378 e. The van der Waals surface area contributed by atoms with Crippen molar-refractivity contribution in [2.24, 2.45) is 0 Å². The molecule has 0 unspecified atom stereocenters. The number of sulfone groups is 1. The molecule has 0 bridgehead atoms. The van der Waals surface area contributed by atoms with Gasteiger partial charge in [0.15, 0.2) is 9.84 Å². The minimum Gasteiger partial charge on any atom is -0.378 e. The van der Waals surface area contributed by atoms with Crippen LogP contribution in [0.2, 0.25) is 0 Å². The number of hydrogen-bond donors (Lipinski definition) is 1. The second-order valence-corrected chi connectivity index (χ2v) is 6.95. The van der Waals surface area contributed by atoms with Gasteiger partial charge in [-0.15, -0.1) is 11.6 Å². The standard InChI is InChI=1S/C13H15ClO3S/c1-13(2,15)9-8-11(14)10-18(16,17)12-6-4-3-5-7-12/h3-7,11,15H,10H2,1-2H3/t11-/m1/s1. The van der Waals surface area contributed by atoms with Gasteiger partial charge < -0.3 is 5.11 Å². The van der Waals surface area contributed by atoms with Crippen molar-refractivity contribution in [3.63, 3.8) is 0 Å². The van der Waals surface area contributed by atoms with Gasteiger partial charge in [0.1, 0.15) is 11.0 Å². The van der Waals surface area contributed by atoms with E-state index in [2.05, 4.69) is 11.8 Å². The third-order valence-corrected chi connectivity index (χ3v) is 4.21. The molecule has 0 aromatic heterocycles. The Balaban J connectivity index is 2.82. The van der Waals surface area contributed by atoms with E-state index in [1.165, 1.54) is 26.0 Å². The Labute approximate surface area is 113 Å². The van der Waals surface area contributed by atoms with Crippen LogP contribution in [0, 0.1) is 11.8 Å². The van der Waals surface area contributed by atoms with Crippen LogP contribution in [0.3, 0.4) is 0 Å². The molecule has 0 saturated heterocycles. The summed E-state index contributed by atoms with van der Waals surface area (Å²) in [6, 6.07) is 8.08. The van der Waals surface area contributed by atoms with Gasteiger partial charge in [0.05, 0.1) is 10.6 Å². The van der Waals surface area contributed by atoms with E-state index < -0.39 is 20.8 Å². The van der Waals surface area contributed by atoms with Gasteiger partial charge in [0.2, 0.25) is 0 Å². The lowest BCUT2D eigenvalue weighted by atomic mass is 10.1. The molecule has 0 fully saturated rings. The number of halogens is 1. The highest BCUT2D eigenvalue weighted by Crippen LogP contribution is 2.13. The molecule has 0 aliphatic rings. The smallest absolute Gasteiger partial charge is 0.180 e. The molecule has 0 spiro atoms. The third kappa shape index (κ3) is 5.09. The van der Waals surface area contributed by atoms with Crippen molar-refractivity contribution in [1.29, 1.82) is 0 Å². The first-order valence-electron chi connectivity index (χ1n) is 5.38. The zero-order chi connectivity index (χ0) is 13.8. The molecule has 0 saturated carbocycles. The molecule has 0 aliphatic heterocycles. The SMILES string of the molecule is CC(C)(O)C#C[C@@H](Cl)CS(=O)(=O)c1ccccc1. The maximum absolute atomic E-state index is 12.0. The second-order valence-electron chi connectivity index (χ2n) is 4.39. The highest BCUT2D eigenvalue weighted by Gasteiger charge is 2.18. The lowest BCUT2D eigenvalue weighted by molar-refractivity contribution is 0.143. The predicted octanol–water partition coefficient (Wildman–Crippen LogP) is 1.84. The van der Waals surface area contributed by atoms with Gasteiger partial charge in [-0.25, -0.2) is 8.42 Å². The van der Waals surface area contributed by atoms with E-state index in [0.29, 0.717) is 0 Å². The summed E-state index contributed by atoms with van der Waals surface area (Å²) < 4.78 is 23.9. The van der Waals surface area contributed by atoms with Crippen molar-refractivity contribution in [1.82, 2.24) is 0 Å². The minimum atomic E-state index is -3.44. The molecule has 1 aromatic rings. The normalized spacial score (nSPS) is 13.6. The van der Waals surface area contributed by atoms with Crippen LogP contribution in [-0.2, 0) is 9.84 Å². The van der Waals surface area contributed by atoms with Gasteiger partial charge in [-0.2, -0.15) is 0 Å². The van der Waals surface area contributed by atoms with Crippen molar-refractivity contribution in [3.8, 4) is 11.8 Å². The van der Waals surface area contributed by atoms with Crippen LogP contribution in [0.15, 0.2) is 35.2 Å². The van der Waals surface area contributed by atoms with E-state index in [0.717, 1.165) is 0 Å². The number of rotatable bonds is 3. The minimum absolute atomic E-state index is 0.223. The van der Waals surface area contributed by atoms with Crippen molar-refractivity contribution in [3.05, 3.63) is 30.3 Å². The summed E-state index contributed by atoms with van der Waals surface area (Å²) in [6.07, 6.45) is 0. The Morgan fingerprint density at radius 2 is 1.89 bits per heavy atom. The van der Waals surface area contributed by atoms with Crippen LogP contribution in [0.4, 0.5) is 0 Å². The maximum atomic E-state index is 12.0. The maximum Gasteiger partial charge on any atom is 0.180 e. The fraction of sp³-hybridized carbons (Fsp3) is 0.385. The lowest BCUT2D eigenvalue weighted by Crippen LogP contribution is -2.18.